The van der Waals surface area contributed by atoms with E-state index in [2.05, 4.69) is 24.9 Å². The van der Waals surface area contributed by atoms with E-state index in [0.29, 0.717) is 25.0 Å². The van der Waals surface area contributed by atoms with Gasteiger partial charge >= 0.3 is 195 Å². The summed E-state index contributed by atoms with van der Waals surface area (Å²) in [6, 6.07) is 0. The van der Waals surface area contributed by atoms with Gasteiger partial charge in [0.2, 0.25) is 0 Å². The summed E-state index contributed by atoms with van der Waals surface area (Å²) < 4.78 is 25.4. The van der Waals surface area contributed by atoms with Crippen LogP contribution < -0.4 is 0 Å². The second kappa shape index (κ2) is 11.9. The fraction of sp³-hybridized carbons (Fsp3) is 0.885. The van der Waals surface area contributed by atoms with Crippen LogP contribution in [0.15, 0.2) is 9.67 Å². The molecule has 2 aliphatic heterocycles. The minimum absolute atomic E-state index is 0.000625. The Kier molecular flexibility index (Phi) is 9.79. The van der Waals surface area contributed by atoms with Crippen molar-refractivity contribution in [2.24, 2.45) is 11.3 Å². The van der Waals surface area contributed by atoms with Crippen LogP contribution in [-0.4, -0.2) is 56.4 Å². The van der Waals surface area contributed by atoms with E-state index in [1.165, 1.54) is 51.8 Å². The molecule has 0 aromatic carbocycles. The first-order chi connectivity index (χ1) is 15.0. The van der Waals surface area contributed by atoms with Crippen LogP contribution in [0.25, 0.3) is 0 Å². The summed E-state index contributed by atoms with van der Waals surface area (Å²) in [4.78, 5) is 12.2. The molecule has 3 rings (SSSR count). The van der Waals surface area contributed by atoms with Crippen LogP contribution in [0.5, 0.6) is 0 Å². The molecule has 2 heterocycles. The topological polar surface area (TPSA) is 44.8 Å². The van der Waals surface area contributed by atoms with Gasteiger partial charge in [-0.1, -0.05) is 0 Å². The van der Waals surface area contributed by atoms with Crippen LogP contribution in [0.2, 0.25) is 13.3 Å². The van der Waals surface area contributed by atoms with Crippen molar-refractivity contribution in [1.29, 1.82) is 0 Å². The van der Waals surface area contributed by atoms with Crippen molar-refractivity contribution < 1.29 is 19.0 Å². The maximum absolute atomic E-state index is 12.2. The van der Waals surface area contributed by atoms with Gasteiger partial charge in [0.15, 0.2) is 0 Å². The van der Waals surface area contributed by atoms with E-state index in [0.717, 1.165) is 26.1 Å². The molecule has 1 saturated carbocycles. The Morgan fingerprint density at radius 3 is 2.26 bits per heavy atom. The average molecular weight is 541 g/mol. The molecule has 5 heteroatoms. The molecule has 4 nitrogen and oxygen atoms in total. The fourth-order valence-electron chi connectivity index (χ4n) is 6.57. The van der Waals surface area contributed by atoms with Crippen molar-refractivity contribution in [2.45, 2.75) is 111 Å². The Hall–Kier alpha value is -0.0713. The molecule has 0 amide bonds. The summed E-state index contributed by atoms with van der Waals surface area (Å²) in [5.74, 6) is 0.308. The maximum atomic E-state index is 12.2. The SMILES string of the molecule is CCC[CH2][Sn]([CH]=C1CO[C@H]2CC[C@@H]3[C@H](CC(=O)OCC)OC[C@]123)([CH2]CCC)[CH2]CCC. The molecule has 31 heavy (non-hydrogen) atoms. The van der Waals surface area contributed by atoms with Gasteiger partial charge < -0.3 is 0 Å². The number of esters is 1. The molecule has 3 aliphatic rings. The molecular weight excluding hydrogens is 495 g/mol. The monoisotopic (exact) mass is 542 g/mol. The van der Waals surface area contributed by atoms with Gasteiger partial charge in [0.05, 0.1) is 0 Å². The van der Waals surface area contributed by atoms with Gasteiger partial charge in [0, 0.05) is 0 Å². The fourth-order valence-corrected chi connectivity index (χ4v) is 22.1. The molecule has 1 spiro atoms. The predicted molar refractivity (Wildman–Crippen MR) is 129 cm³/mol. The number of rotatable bonds is 13. The Morgan fingerprint density at radius 2 is 1.68 bits per heavy atom. The summed E-state index contributed by atoms with van der Waals surface area (Å²) in [6.45, 7) is 10.9. The zero-order chi connectivity index (χ0) is 22.3. The zero-order valence-corrected chi connectivity index (χ0v) is 23.4. The molecule has 4 atom stereocenters. The van der Waals surface area contributed by atoms with Crippen LogP contribution in [-0.2, 0) is 19.0 Å². The van der Waals surface area contributed by atoms with Crippen molar-refractivity contribution in [2.75, 3.05) is 19.8 Å². The Morgan fingerprint density at radius 1 is 1.03 bits per heavy atom. The first kappa shape index (κ1) is 25.5. The van der Waals surface area contributed by atoms with Crippen LogP contribution in [0.1, 0.15) is 85.5 Å². The standard InChI is InChI=1S/C14H19O4.3C4H9.Sn/c1-3-16-13(15)6-11-10-4-5-12-14(10,8-18-11)9(2)7-17-12;3*1-3-4-2;/h2,10-12H,3-8H2,1H3;3*1,3-4H2,2H3;/t10-,11+,12+,14-;;;;/m1..../s1. The first-order valence-electron chi connectivity index (χ1n) is 13.2. The van der Waals surface area contributed by atoms with Crippen LogP contribution in [0.4, 0.5) is 0 Å². The summed E-state index contributed by atoms with van der Waals surface area (Å²) in [7, 11) is 0. The second-order valence-electron chi connectivity index (χ2n) is 10.2. The second-order valence-corrected chi connectivity index (χ2v) is 23.1. The van der Waals surface area contributed by atoms with Crippen molar-refractivity contribution in [3.63, 3.8) is 0 Å². The van der Waals surface area contributed by atoms with Crippen molar-refractivity contribution in [3.05, 3.63) is 9.67 Å². The molecule has 0 N–H and O–H groups in total. The number of carbonyl (C=O) groups is 1. The summed E-state index contributed by atoms with van der Waals surface area (Å²) in [5, 5.41) is 0. The van der Waals surface area contributed by atoms with Gasteiger partial charge in [-0.25, -0.2) is 0 Å². The molecule has 178 valence electrons. The van der Waals surface area contributed by atoms with Crippen LogP contribution in [0.3, 0.4) is 0 Å². The predicted octanol–water partition coefficient (Wildman–Crippen LogP) is 6.45. The molecule has 0 aromatic heterocycles. The van der Waals surface area contributed by atoms with Gasteiger partial charge in [0.25, 0.3) is 0 Å². The van der Waals surface area contributed by atoms with E-state index in [9.17, 15) is 4.79 Å². The molecule has 0 bridgehead atoms. The Bertz CT molecular complexity index is 597. The van der Waals surface area contributed by atoms with Crippen molar-refractivity contribution in [3.8, 4) is 0 Å². The zero-order valence-electron chi connectivity index (χ0n) is 20.5. The third-order valence-corrected chi connectivity index (χ3v) is 22.5. The number of hydrogen-bond donors (Lipinski definition) is 0. The summed E-state index contributed by atoms with van der Waals surface area (Å²) in [6.07, 6.45) is 11.0. The van der Waals surface area contributed by atoms with Crippen molar-refractivity contribution >= 4 is 24.3 Å². The van der Waals surface area contributed by atoms with Crippen LogP contribution in [0, 0.1) is 11.3 Å². The molecule has 0 radical (unpaired) electrons. The van der Waals surface area contributed by atoms with E-state index in [-0.39, 0.29) is 17.5 Å². The average Bonchev–Trinajstić information content (AvgIpc) is 3.40. The number of carbonyl (C=O) groups excluding carboxylic acids is 1. The molecular formula is C26H46O4Sn. The third kappa shape index (κ3) is 5.54. The molecule has 1 aliphatic carbocycles. The number of hydrogen-bond acceptors (Lipinski definition) is 4. The van der Waals surface area contributed by atoms with Gasteiger partial charge in [-0.2, -0.15) is 0 Å². The Labute approximate surface area is 194 Å². The quantitative estimate of drug-likeness (QED) is 0.199. The van der Waals surface area contributed by atoms with E-state index in [4.69, 9.17) is 14.2 Å². The van der Waals surface area contributed by atoms with Crippen LogP contribution >= 0.6 is 0 Å². The molecule has 0 unspecified atom stereocenters. The number of unbranched alkanes of at least 4 members (excludes halogenated alkanes) is 3. The van der Waals surface area contributed by atoms with Gasteiger partial charge in [0.1, 0.15) is 0 Å². The number of ether oxygens (including phenoxy) is 3. The normalized spacial score (nSPS) is 31.2. The van der Waals surface area contributed by atoms with Gasteiger partial charge in [-0.15, -0.1) is 0 Å². The van der Waals surface area contributed by atoms with Gasteiger partial charge in [-0.3, -0.25) is 0 Å². The minimum atomic E-state index is -2.42. The van der Waals surface area contributed by atoms with Crippen molar-refractivity contribution in [1.82, 2.24) is 0 Å². The van der Waals surface area contributed by atoms with E-state index in [1.807, 2.05) is 6.92 Å². The molecule has 3 fully saturated rings. The van der Waals surface area contributed by atoms with E-state index in [1.54, 1.807) is 5.57 Å². The Balaban J connectivity index is 1.88. The summed E-state index contributed by atoms with van der Waals surface area (Å²) in [5.41, 5.74) is 1.63. The van der Waals surface area contributed by atoms with E-state index < -0.39 is 18.4 Å². The van der Waals surface area contributed by atoms with E-state index >= 15 is 0 Å². The third-order valence-electron chi connectivity index (χ3n) is 8.24. The first-order valence-corrected chi connectivity index (χ1v) is 20.9. The molecule has 0 aromatic rings. The molecule has 2 saturated heterocycles. The van der Waals surface area contributed by atoms with Gasteiger partial charge in [-0.05, 0) is 0 Å². The summed E-state index contributed by atoms with van der Waals surface area (Å²) >= 11 is -2.42.